The van der Waals surface area contributed by atoms with Gasteiger partial charge in [-0.3, -0.25) is 14.5 Å². The predicted octanol–water partition coefficient (Wildman–Crippen LogP) is 0.669. The molecule has 1 atom stereocenters. The normalized spacial score (nSPS) is 26.1. The van der Waals surface area contributed by atoms with Gasteiger partial charge >= 0.3 is 0 Å². The van der Waals surface area contributed by atoms with Crippen molar-refractivity contribution in [1.82, 2.24) is 10.2 Å². The van der Waals surface area contributed by atoms with Gasteiger partial charge in [0.1, 0.15) is 5.78 Å². The molecule has 1 heterocycles. The van der Waals surface area contributed by atoms with Crippen LogP contribution in [0.4, 0.5) is 0 Å². The number of hydrogen-bond acceptors (Lipinski definition) is 3. The monoisotopic (exact) mass is 226 g/mol. The maximum absolute atomic E-state index is 11.7. The third kappa shape index (κ3) is 2.82. The molecular formula is C12H22N2O2. The third-order valence-electron chi connectivity index (χ3n) is 3.35. The van der Waals surface area contributed by atoms with Gasteiger partial charge < -0.3 is 5.32 Å². The Kier molecular flexibility index (Phi) is 4.08. The van der Waals surface area contributed by atoms with Crippen molar-refractivity contribution in [3.8, 4) is 0 Å². The Morgan fingerprint density at radius 2 is 2.06 bits per heavy atom. The van der Waals surface area contributed by atoms with Crippen molar-refractivity contribution >= 4 is 11.7 Å². The van der Waals surface area contributed by atoms with Gasteiger partial charge in [-0.05, 0) is 19.9 Å². The van der Waals surface area contributed by atoms with Crippen LogP contribution in [0.25, 0.3) is 0 Å². The molecule has 1 unspecified atom stereocenters. The molecule has 0 aromatic rings. The summed E-state index contributed by atoms with van der Waals surface area (Å²) in [5, 5.41) is 2.69. The molecule has 4 nitrogen and oxygen atoms in total. The van der Waals surface area contributed by atoms with Crippen molar-refractivity contribution in [1.29, 1.82) is 0 Å². The SMILES string of the molecule is CNC(=O)C1(C)CCN(CC(=O)C(C)C)C1. The highest BCUT2D eigenvalue weighted by Gasteiger charge is 2.40. The Balaban J connectivity index is 2.52. The van der Waals surface area contributed by atoms with Crippen LogP contribution >= 0.6 is 0 Å². The summed E-state index contributed by atoms with van der Waals surface area (Å²) in [6.45, 7) is 7.79. The molecule has 0 aromatic carbocycles. The van der Waals surface area contributed by atoms with Gasteiger partial charge in [-0.15, -0.1) is 0 Å². The molecule has 1 aliphatic heterocycles. The van der Waals surface area contributed by atoms with Gasteiger partial charge in [-0.1, -0.05) is 13.8 Å². The first-order chi connectivity index (χ1) is 7.39. The number of carbonyl (C=O) groups excluding carboxylic acids is 2. The first-order valence-corrected chi connectivity index (χ1v) is 5.86. The summed E-state index contributed by atoms with van der Waals surface area (Å²) in [5.41, 5.74) is -0.327. The summed E-state index contributed by atoms with van der Waals surface area (Å²) in [6.07, 6.45) is 0.831. The number of ketones is 1. The highest BCUT2D eigenvalue weighted by atomic mass is 16.2. The van der Waals surface area contributed by atoms with E-state index in [0.717, 1.165) is 13.0 Å². The first kappa shape index (κ1) is 13.2. The Bertz CT molecular complexity index is 289. The number of hydrogen-bond donors (Lipinski definition) is 1. The Labute approximate surface area is 97.4 Å². The zero-order valence-electron chi connectivity index (χ0n) is 10.7. The largest absolute Gasteiger partial charge is 0.359 e. The fourth-order valence-corrected chi connectivity index (χ4v) is 2.08. The number of likely N-dealkylation sites (tertiary alicyclic amines) is 1. The number of Topliss-reactive ketones (excluding diaryl/α,β-unsaturated/α-hetero) is 1. The molecule has 1 N–H and O–H groups in total. The van der Waals surface area contributed by atoms with Crippen LogP contribution in [0.3, 0.4) is 0 Å². The average molecular weight is 226 g/mol. The van der Waals surface area contributed by atoms with E-state index in [9.17, 15) is 9.59 Å². The molecule has 0 radical (unpaired) electrons. The van der Waals surface area contributed by atoms with Gasteiger partial charge in [0.05, 0.1) is 12.0 Å². The molecule has 16 heavy (non-hydrogen) atoms. The summed E-state index contributed by atoms with van der Waals surface area (Å²) in [4.78, 5) is 25.4. The maximum Gasteiger partial charge on any atom is 0.227 e. The van der Waals surface area contributed by atoms with E-state index in [4.69, 9.17) is 0 Å². The zero-order valence-corrected chi connectivity index (χ0v) is 10.7. The van der Waals surface area contributed by atoms with Crippen molar-refractivity contribution in [2.45, 2.75) is 27.2 Å². The third-order valence-corrected chi connectivity index (χ3v) is 3.35. The fourth-order valence-electron chi connectivity index (χ4n) is 2.08. The quantitative estimate of drug-likeness (QED) is 0.766. The van der Waals surface area contributed by atoms with Crippen molar-refractivity contribution < 1.29 is 9.59 Å². The average Bonchev–Trinajstić information content (AvgIpc) is 2.60. The maximum atomic E-state index is 11.7. The lowest BCUT2D eigenvalue weighted by Gasteiger charge is -2.22. The second-order valence-electron chi connectivity index (χ2n) is 5.22. The second-order valence-corrected chi connectivity index (χ2v) is 5.22. The molecule has 1 rings (SSSR count). The highest BCUT2D eigenvalue weighted by Crippen LogP contribution is 2.29. The van der Waals surface area contributed by atoms with Crippen LogP contribution in [0.15, 0.2) is 0 Å². The van der Waals surface area contributed by atoms with E-state index < -0.39 is 0 Å². The van der Waals surface area contributed by atoms with Crippen LogP contribution in [0.5, 0.6) is 0 Å². The van der Waals surface area contributed by atoms with E-state index in [1.54, 1.807) is 7.05 Å². The smallest absolute Gasteiger partial charge is 0.227 e. The summed E-state index contributed by atoms with van der Waals surface area (Å²) < 4.78 is 0. The minimum Gasteiger partial charge on any atom is -0.359 e. The molecule has 92 valence electrons. The topological polar surface area (TPSA) is 49.4 Å². The van der Waals surface area contributed by atoms with E-state index >= 15 is 0 Å². The summed E-state index contributed by atoms with van der Waals surface area (Å²) in [6, 6.07) is 0. The lowest BCUT2D eigenvalue weighted by Crippen LogP contribution is -2.40. The fraction of sp³-hybridized carbons (Fsp3) is 0.833. The van der Waals surface area contributed by atoms with E-state index in [0.29, 0.717) is 13.1 Å². The van der Waals surface area contributed by atoms with Gasteiger partial charge in [-0.25, -0.2) is 0 Å². The van der Waals surface area contributed by atoms with Gasteiger partial charge in [0, 0.05) is 19.5 Å². The van der Waals surface area contributed by atoms with Gasteiger partial charge in [0.15, 0.2) is 0 Å². The van der Waals surface area contributed by atoms with Crippen LogP contribution in [0, 0.1) is 11.3 Å². The molecule has 0 saturated carbocycles. The van der Waals surface area contributed by atoms with Crippen LogP contribution in [-0.4, -0.2) is 43.3 Å². The van der Waals surface area contributed by atoms with Crippen LogP contribution in [-0.2, 0) is 9.59 Å². The molecular weight excluding hydrogens is 204 g/mol. The molecule has 0 aliphatic carbocycles. The molecule has 0 aromatic heterocycles. The Morgan fingerprint density at radius 1 is 1.44 bits per heavy atom. The number of nitrogens with zero attached hydrogens (tertiary/aromatic N) is 1. The van der Waals surface area contributed by atoms with Crippen molar-refractivity contribution in [2.75, 3.05) is 26.7 Å². The molecule has 1 saturated heterocycles. The minimum absolute atomic E-state index is 0.0758. The van der Waals surface area contributed by atoms with Crippen molar-refractivity contribution in [3.05, 3.63) is 0 Å². The van der Waals surface area contributed by atoms with Gasteiger partial charge in [-0.2, -0.15) is 0 Å². The number of nitrogens with one attached hydrogen (secondary N) is 1. The molecule has 1 aliphatic rings. The molecule has 4 heteroatoms. The first-order valence-electron chi connectivity index (χ1n) is 5.86. The summed E-state index contributed by atoms with van der Waals surface area (Å²) >= 11 is 0. The van der Waals surface area contributed by atoms with E-state index in [1.165, 1.54) is 0 Å². The van der Waals surface area contributed by atoms with Crippen LogP contribution in [0.2, 0.25) is 0 Å². The lowest BCUT2D eigenvalue weighted by atomic mass is 9.89. The van der Waals surface area contributed by atoms with E-state index in [-0.39, 0.29) is 23.0 Å². The summed E-state index contributed by atoms with van der Waals surface area (Å²) in [5.74, 6) is 0.403. The van der Waals surface area contributed by atoms with Crippen molar-refractivity contribution in [3.63, 3.8) is 0 Å². The van der Waals surface area contributed by atoms with Crippen LogP contribution < -0.4 is 5.32 Å². The van der Waals surface area contributed by atoms with E-state index in [2.05, 4.69) is 10.2 Å². The van der Waals surface area contributed by atoms with Gasteiger partial charge in [0.25, 0.3) is 0 Å². The molecule has 1 amide bonds. The molecule has 0 bridgehead atoms. The van der Waals surface area contributed by atoms with Crippen LogP contribution in [0.1, 0.15) is 27.2 Å². The molecule has 0 spiro atoms. The zero-order chi connectivity index (χ0) is 12.3. The Morgan fingerprint density at radius 3 is 2.56 bits per heavy atom. The minimum atomic E-state index is -0.327. The van der Waals surface area contributed by atoms with E-state index in [1.807, 2.05) is 20.8 Å². The standard InChI is InChI=1S/C12H22N2O2/c1-9(2)10(15)7-14-6-5-12(3,8-14)11(16)13-4/h9H,5-8H2,1-4H3,(H,13,16). The lowest BCUT2D eigenvalue weighted by molar-refractivity contribution is -0.129. The Hall–Kier alpha value is -0.900. The van der Waals surface area contributed by atoms with Crippen molar-refractivity contribution in [2.24, 2.45) is 11.3 Å². The predicted molar refractivity (Wildman–Crippen MR) is 63.1 cm³/mol. The number of rotatable bonds is 4. The summed E-state index contributed by atoms with van der Waals surface area (Å²) in [7, 11) is 1.66. The second kappa shape index (κ2) is 4.95. The molecule has 1 fully saturated rings. The van der Waals surface area contributed by atoms with Gasteiger partial charge in [0.2, 0.25) is 5.91 Å². The highest BCUT2D eigenvalue weighted by molar-refractivity contribution is 5.84. The number of carbonyl (C=O) groups is 2. The number of amides is 1.